The molecular formula is C13H13N3O2. The minimum Gasteiger partial charge on any atom is -0.490 e. The van der Waals surface area contributed by atoms with E-state index in [9.17, 15) is 5.11 Å². The van der Waals surface area contributed by atoms with Gasteiger partial charge in [0, 0.05) is 10.3 Å². The number of hydrogen-bond donors (Lipinski definition) is 1. The van der Waals surface area contributed by atoms with Crippen molar-refractivity contribution in [1.82, 2.24) is 0 Å². The van der Waals surface area contributed by atoms with Crippen molar-refractivity contribution in [2.75, 3.05) is 13.2 Å². The van der Waals surface area contributed by atoms with Crippen molar-refractivity contribution in [1.29, 1.82) is 0 Å². The molecule has 0 aliphatic heterocycles. The van der Waals surface area contributed by atoms with Crippen LogP contribution in [0.4, 0.5) is 0 Å². The standard InChI is InChI=1S/C13H13N3O2/c14-16-15-8-11(17)9-18-13-7-3-5-10-4-1-2-6-12(10)13/h1-7,11,17H,8-9H2/t11-/m1/s1. The van der Waals surface area contributed by atoms with Gasteiger partial charge in [-0.25, -0.2) is 0 Å². The first-order chi connectivity index (χ1) is 8.81. The second-order valence-corrected chi connectivity index (χ2v) is 3.86. The van der Waals surface area contributed by atoms with E-state index < -0.39 is 6.10 Å². The van der Waals surface area contributed by atoms with Crippen LogP contribution in [0.2, 0.25) is 0 Å². The number of azide groups is 1. The van der Waals surface area contributed by atoms with Crippen LogP contribution < -0.4 is 4.74 Å². The second kappa shape index (κ2) is 5.91. The quantitative estimate of drug-likeness (QED) is 0.498. The highest BCUT2D eigenvalue weighted by molar-refractivity contribution is 5.88. The van der Waals surface area contributed by atoms with Crippen LogP contribution in [0, 0.1) is 0 Å². The molecule has 0 spiro atoms. The van der Waals surface area contributed by atoms with Crippen molar-refractivity contribution in [2.45, 2.75) is 6.10 Å². The number of aliphatic hydroxyl groups is 1. The maximum absolute atomic E-state index is 9.52. The summed E-state index contributed by atoms with van der Waals surface area (Å²) in [4.78, 5) is 2.59. The first kappa shape index (κ1) is 12.2. The van der Waals surface area contributed by atoms with Gasteiger partial charge in [0.2, 0.25) is 0 Å². The van der Waals surface area contributed by atoms with Gasteiger partial charge in [-0.2, -0.15) is 0 Å². The number of benzene rings is 2. The Hall–Kier alpha value is -2.23. The summed E-state index contributed by atoms with van der Waals surface area (Å²) >= 11 is 0. The van der Waals surface area contributed by atoms with Crippen LogP contribution in [0.25, 0.3) is 21.2 Å². The van der Waals surface area contributed by atoms with Crippen LogP contribution in [-0.4, -0.2) is 24.4 Å². The molecule has 0 bridgehead atoms. The fourth-order valence-electron chi connectivity index (χ4n) is 1.69. The summed E-state index contributed by atoms with van der Waals surface area (Å²) < 4.78 is 5.54. The summed E-state index contributed by atoms with van der Waals surface area (Å²) in [6, 6.07) is 13.6. The summed E-state index contributed by atoms with van der Waals surface area (Å²) in [7, 11) is 0. The number of nitrogens with zero attached hydrogens (tertiary/aromatic N) is 3. The summed E-state index contributed by atoms with van der Waals surface area (Å²) in [5.74, 6) is 0.716. The molecule has 2 rings (SSSR count). The molecule has 5 nitrogen and oxygen atoms in total. The molecule has 18 heavy (non-hydrogen) atoms. The molecule has 0 radical (unpaired) electrons. The Balaban J connectivity index is 2.10. The lowest BCUT2D eigenvalue weighted by atomic mass is 10.1. The predicted octanol–water partition coefficient (Wildman–Crippen LogP) is 2.89. The Morgan fingerprint density at radius 3 is 2.83 bits per heavy atom. The SMILES string of the molecule is [N-]=[N+]=NC[C@@H](O)COc1cccc2ccccc12. The maximum atomic E-state index is 9.52. The first-order valence-electron chi connectivity index (χ1n) is 5.61. The van der Waals surface area contributed by atoms with E-state index in [2.05, 4.69) is 10.0 Å². The number of fused-ring (bicyclic) bond motifs is 1. The van der Waals surface area contributed by atoms with Gasteiger partial charge in [-0.3, -0.25) is 0 Å². The third kappa shape index (κ3) is 2.91. The van der Waals surface area contributed by atoms with Crippen LogP contribution >= 0.6 is 0 Å². The van der Waals surface area contributed by atoms with Crippen LogP contribution in [0.15, 0.2) is 47.6 Å². The number of hydrogen-bond acceptors (Lipinski definition) is 3. The summed E-state index contributed by atoms with van der Waals surface area (Å²) in [5.41, 5.74) is 8.15. The summed E-state index contributed by atoms with van der Waals surface area (Å²) in [6.45, 7) is 0.119. The van der Waals surface area contributed by atoms with Crippen LogP contribution in [0.1, 0.15) is 0 Å². The lowest BCUT2D eigenvalue weighted by molar-refractivity contribution is 0.115. The second-order valence-electron chi connectivity index (χ2n) is 3.86. The van der Waals surface area contributed by atoms with Gasteiger partial charge >= 0.3 is 0 Å². The lowest BCUT2D eigenvalue weighted by Crippen LogP contribution is -2.20. The first-order valence-corrected chi connectivity index (χ1v) is 5.61. The Morgan fingerprint density at radius 2 is 2.00 bits per heavy atom. The van der Waals surface area contributed by atoms with Crippen molar-refractivity contribution in [3.8, 4) is 5.75 Å². The van der Waals surface area contributed by atoms with Gasteiger partial charge in [-0.1, -0.05) is 41.5 Å². The number of rotatable bonds is 5. The zero-order valence-electron chi connectivity index (χ0n) is 9.73. The molecule has 0 unspecified atom stereocenters. The van der Waals surface area contributed by atoms with Crippen molar-refractivity contribution < 1.29 is 9.84 Å². The molecule has 0 saturated heterocycles. The molecule has 2 aromatic rings. The molecule has 0 fully saturated rings. The van der Waals surface area contributed by atoms with Gasteiger partial charge in [0.15, 0.2) is 0 Å². The Morgan fingerprint density at radius 1 is 1.22 bits per heavy atom. The minimum absolute atomic E-state index is 0.0151. The fraction of sp³-hybridized carbons (Fsp3) is 0.231. The Bertz CT molecular complexity index is 574. The van der Waals surface area contributed by atoms with Crippen molar-refractivity contribution in [2.24, 2.45) is 5.11 Å². The number of aliphatic hydroxyl groups excluding tert-OH is 1. The molecule has 0 heterocycles. The molecule has 0 saturated carbocycles. The van der Waals surface area contributed by atoms with Gasteiger partial charge in [-0.05, 0) is 17.0 Å². The molecule has 0 aliphatic rings. The van der Waals surface area contributed by atoms with E-state index in [0.717, 1.165) is 10.8 Å². The molecule has 5 heteroatoms. The largest absolute Gasteiger partial charge is 0.490 e. The van der Waals surface area contributed by atoms with E-state index in [1.54, 1.807) is 0 Å². The average molecular weight is 243 g/mol. The lowest BCUT2D eigenvalue weighted by Gasteiger charge is -2.12. The van der Waals surface area contributed by atoms with Gasteiger partial charge < -0.3 is 9.84 Å². The normalized spacial score (nSPS) is 11.8. The third-order valence-corrected chi connectivity index (χ3v) is 2.54. The molecular weight excluding hydrogens is 230 g/mol. The van der Waals surface area contributed by atoms with Gasteiger partial charge in [0.1, 0.15) is 12.4 Å². The molecule has 92 valence electrons. The van der Waals surface area contributed by atoms with Gasteiger partial charge in [0.05, 0.1) is 12.6 Å². The zero-order chi connectivity index (χ0) is 12.8. The van der Waals surface area contributed by atoms with E-state index >= 15 is 0 Å². The minimum atomic E-state index is -0.792. The van der Waals surface area contributed by atoms with Crippen molar-refractivity contribution >= 4 is 10.8 Å². The summed E-state index contributed by atoms with van der Waals surface area (Å²) in [6.07, 6.45) is -0.792. The maximum Gasteiger partial charge on any atom is 0.127 e. The van der Waals surface area contributed by atoms with Crippen LogP contribution in [-0.2, 0) is 0 Å². The Kier molecular flexibility index (Phi) is 4.02. The molecule has 1 N–H and O–H groups in total. The predicted molar refractivity (Wildman–Crippen MR) is 69.5 cm³/mol. The third-order valence-electron chi connectivity index (χ3n) is 2.54. The highest BCUT2D eigenvalue weighted by Gasteiger charge is 2.06. The van der Waals surface area contributed by atoms with E-state index in [1.807, 2.05) is 42.5 Å². The fourth-order valence-corrected chi connectivity index (χ4v) is 1.69. The molecule has 0 aromatic heterocycles. The topological polar surface area (TPSA) is 78.2 Å². The summed E-state index contributed by atoms with van der Waals surface area (Å²) in [5, 5.41) is 14.9. The Labute approximate surface area is 104 Å². The average Bonchev–Trinajstić information content (AvgIpc) is 2.42. The highest BCUT2D eigenvalue weighted by atomic mass is 16.5. The van der Waals surface area contributed by atoms with Crippen LogP contribution in [0.5, 0.6) is 5.75 Å². The van der Waals surface area contributed by atoms with E-state index in [4.69, 9.17) is 10.3 Å². The smallest absolute Gasteiger partial charge is 0.127 e. The van der Waals surface area contributed by atoms with Gasteiger partial charge in [-0.15, -0.1) is 0 Å². The van der Waals surface area contributed by atoms with E-state index in [-0.39, 0.29) is 13.2 Å². The number of ether oxygens (including phenoxy) is 1. The van der Waals surface area contributed by atoms with E-state index in [0.29, 0.717) is 5.75 Å². The van der Waals surface area contributed by atoms with E-state index in [1.165, 1.54) is 0 Å². The van der Waals surface area contributed by atoms with Crippen LogP contribution in [0.3, 0.4) is 0 Å². The molecule has 1 atom stereocenters. The molecule has 2 aromatic carbocycles. The van der Waals surface area contributed by atoms with Crippen molar-refractivity contribution in [3.05, 3.63) is 52.9 Å². The molecule has 0 amide bonds. The van der Waals surface area contributed by atoms with Crippen molar-refractivity contribution in [3.63, 3.8) is 0 Å². The van der Waals surface area contributed by atoms with Gasteiger partial charge in [0.25, 0.3) is 0 Å². The zero-order valence-corrected chi connectivity index (χ0v) is 9.73. The monoisotopic (exact) mass is 243 g/mol. The molecule has 0 aliphatic carbocycles. The highest BCUT2D eigenvalue weighted by Crippen LogP contribution is 2.25.